The Morgan fingerprint density at radius 2 is 1.80 bits per heavy atom. The molecule has 0 fully saturated rings. The van der Waals surface area contributed by atoms with Crippen LogP contribution in [-0.4, -0.2) is 15.5 Å². The highest BCUT2D eigenvalue weighted by molar-refractivity contribution is 7.89. The number of hydrogen-bond donors (Lipinski definition) is 2. The van der Waals surface area contributed by atoms with Gasteiger partial charge in [0.1, 0.15) is 5.76 Å². The van der Waals surface area contributed by atoms with Crippen molar-refractivity contribution < 1.29 is 12.8 Å². The summed E-state index contributed by atoms with van der Waals surface area (Å²) in [4.78, 5) is 0. The van der Waals surface area contributed by atoms with Crippen LogP contribution in [0.25, 0.3) is 0 Å². The second-order valence-corrected chi connectivity index (χ2v) is 6.41. The third kappa shape index (κ3) is 3.83. The first-order chi connectivity index (χ1) is 9.51. The second-order valence-electron chi connectivity index (χ2n) is 4.16. The molecule has 0 amide bonds. The zero-order valence-electron chi connectivity index (χ0n) is 10.9. The number of benzene rings is 1. The van der Waals surface area contributed by atoms with Crippen LogP contribution in [0, 0.1) is 0 Å². The molecule has 0 atom stereocenters. The lowest BCUT2D eigenvalue weighted by Crippen LogP contribution is -2.17. The maximum absolute atomic E-state index is 11.5. The van der Waals surface area contributed by atoms with E-state index in [4.69, 9.17) is 16.0 Å². The third-order valence-corrected chi connectivity index (χ3v) is 4.25. The highest BCUT2D eigenvalue weighted by Gasteiger charge is 2.15. The van der Waals surface area contributed by atoms with Crippen LogP contribution >= 0.6 is 11.6 Å². The van der Waals surface area contributed by atoms with Gasteiger partial charge in [0.15, 0.2) is 0 Å². The lowest BCUT2D eigenvalue weighted by atomic mass is 10.2. The molecule has 1 heterocycles. The predicted octanol–water partition coefficient (Wildman–Crippen LogP) is 2.13. The van der Waals surface area contributed by atoms with Crippen molar-refractivity contribution in [3.05, 3.63) is 52.7 Å². The molecule has 0 unspecified atom stereocenters. The molecular weight excluding hydrogens is 300 g/mol. The van der Waals surface area contributed by atoms with E-state index in [0.29, 0.717) is 23.9 Å². The van der Waals surface area contributed by atoms with Crippen molar-refractivity contribution in [2.45, 2.75) is 18.2 Å². The maximum Gasteiger partial charge on any atom is 0.273 e. The Kier molecular flexibility index (Phi) is 4.82. The van der Waals surface area contributed by atoms with Gasteiger partial charge in [-0.3, -0.25) is 0 Å². The van der Waals surface area contributed by atoms with Gasteiger partial charge in [-0.1, -0.05) is 23.7 Å². The third-order valence-electron chi connectivity index (χ3n) is 2.71. The van der Waals surface area contributed by atoms with E-state index in [1.807, 2.05) is 24.3 Å². The van der Waals surface area contributed by atoms with Gasteiger partial charge in [-0.05, 0) is 36.9 Å². The molecule has 0 aliphatic carbocycles. The topological polar surface area (TPSA) is 71.3 Å². The van der Waals surface area contributed by atoms with E-state index in [-0.39, 0.29) is 5.09 Å². The molecular formula is C13H15ClN2O3S. The van der Waals surface area contributed by atoms with Crippen molar-refractivity contribution in [3.63, 3.8) is 0 Å². The van der Waals surface area contributed by atoms with Gasteiger partial charge in [-0.25, -0.2) is 13.1 Å². The van der Waals surface area contributed by atoms with E-state index in [1.165, 1.54) is 13.1 Å². The molecule has 0 radical (unpaired) electrons. The summed E-state index contributed by atoms with van der Waals surface area (Å²) in [5.41, 5.74) is 1.09. The zero-order valence-corrected chi connectivity index (χ0v) is 12.5. The lowest BCUT2D eigenvalue weighted by molar-refractivity contribution is 0.400. The molecule has 7 heteroatoms. The normalized spacial score (nSPS) is 11.7. The van der Waals surface area contributed by atoms with Crippen LogP contribution in [0.5, 0.6) is 0 Å². The number of furan rings is 1. The van der Waals surface area contributed by atoms with E-state index in [0.717, 1.165) is 5.56 Å². The molecule has 108 valence electrons. The van der Waals surface area contributed by atoms with Gasteiger partial charge in [0.2, 0.25) is 5.09 Å². The largest absolute Gasteiger partial charge is 0.447 e. The van der Waals surface area contributed by atoms with Crippen molar-refractivity contribution in [3.8, 4) is 0 Å². The molecule has 2 rings (SSSR count). The fraction of sp³-hybridized carbons (Fsp3) is 0.231. The van der Waals surface area contributed by atoms with Gasteiger partial charge >= 0.3 is 0 Å². The van der Waals surface area contributed by atoms with Crippen LogP contribution in [0.15, 0.2) is 45.9 Å². The second kappa shape index (κ2) is 6.41. The minimum atomic E-state index is -3.52. The van der Waals surface area contributed by atoms with Gasteiger partial charge in [-0.2, -0.15) is 0 Å². The number of nitrogens with one attached hydrogen (secondary N) is 2. The molecule has 2 N–H and O–H groups in total. The lowest BCUT2D eigenvalue weighted by Gasteiger charge is -2.03. The van der Waals surface area contributed by atoms with Crippen LogP contribution in [0.1, 0.15) is 11.3 Å². The molecule has 1 aromatic heterocycles. The SMILES string of the molecule is CNS(=O)(=O)c1ccc(CNCc2ccc(Cl)cc2)o1. The molecule has 0 spiro atoms. The molecule has 0 saturated heterocycles. The average molecular weight is 315 g/mol. The van der Waals surface area contributed by atoms with E-state index in [9.17, 15) is 8.42 Å². The number of sulfonamides is 1. The van der Waals surface area contributed by atoms with Crippen molar-refractivity contribution in [2.75, 3.05) is 7.05 Å². The highest BCUT2D eigenvalue weighted by atomic mass is 35.5. The summed E-state index contributed by atoms with van der Waals surface area (Å²) in [6, 6.07) is 10.6. The standard InChI is InChI=1S/C13H15ClN2O3S/c1-15-20(17,18)13-7-6-12(19-13)9-16-8-10-2-4-11(14)5-3-10/h2-7,15-16H,8-9H2,1H3. The molecule has 2 aromatic rings. The average Bonchev–Trinajstić information content (AvgIpc) is 2.91. The van der Waals surface area contributed by atoms with Crippen molar-refractivity contribution in [1.82, 2.24) is 10.0 Å². The summed E-state index contributed by atoms with van der Waals surface area (Å²) in [7, 11) is -2.17. The number of rotatable bonds is 6. The Balaban J connectivity index is 1.90. The molecule has 0 aliphatic rings. The predicted molar refractivity (Wildman–Crippen MR) is 76.9 cm³/mol. The minimum Gasteiger partial charge on any atom is -0.447 e. The van der Waals surface area contributed by atoms with Gasteiger partial charge in [-0.15, -0.1) is 0 Å². The van der Waals surface area contributed by atoms with Crippen LogP contribution in [0.4, 0.5) is 0 Å². The first kappa shape index (κ1) is 15.1. The Morgan fingerprint density at radius 3 is 2.45 bits per heavy atom. The summed E-state index contributed by atoms with van der Waals surface area (Å²) in [6.45, 7) is 1.09. The Hall–Kier alpha value is -1.34. The fourth-order valence-corrected chi connectivity index (χ4v) is 2.42. The highest BCUT2D eigenvalue weighted by Crippen LogP contribution is 2.13. The molecule has 20 heavy (non-hydrogen) atoms. The first-order valence-electron chi connectivity index (χ1n) is 5.99. The van der Waals surface area contributed by atoms with Gasteiger partial charge in [0.25, 0.3) is 10.0 Å². The zero-order chi connectivity index (χ0) is 14.6. The van der Waals surface area contributed by atoms with E-state index in [1.54, 1.807) is 6.07 Å². The Labute approximate surface area is 123 Å². The number of halogens is 1. The Morgan fingerprint density at radius 1 is 1.10 bits per heavy atom. The minimum absolute atomic E-state index is 0.0803. The summed E-state index contributed by atoms with van der Waals surface area (Å²) in [5.74, 6) is 0.563. The maximum atomic E-state index is 11.5. The smallest absolute Gasteiger partial charge is 0.273 e. The van der Waals surface area contributed by atoms with Crippen molar-refractivity contribution >= 4 is 21.6 Å². The molecule has 0 aliphatic heterocycles. The van der Waals surface area contributed by atoms with E-state index < -0.39 is 10.0 Å². The van der Waals surface area contributed by atoms with Gasteiger partial charge in [0.05, 0.1) is 6.54 Å². The van der Waals surface area contributed by atoms with Crippen molar-refractivity contribution in [1.29, 1.82) is 0 Å². The summed E-state index contributed by atoms with van der Waals surface area (Å²) in [5, 5.41) is 3.78. The van der Waals surface area contributed by atoms with Gasteiger partial charge in [0, 0.05) is 11.6 Å². The monoisotopic (exact) mass is 314 g/mol. The van der Waals surface area contributed by atoms with Crippen LogP contribution in [0.3, 0.4) is 0 Å². The quantitative estimate of drug-likeness (QED) is 0.857. The summed E-state index contributed by atoms with van der Waals surface area (Å²) < 4.78 is 30.5. The molecule has 0 saturated carbocycles. The van der Waals surface area contributed by atoms with Gasteiger partial charge < -0.3 is 9.73 Å². The van der Waals surface area contributed by atoms with E-state index in [2.05, 4.69) is 10.0 Å². The number of hydrogen-bond acceptors (Lipinski definition) is 4. The van der Waals surface area contributed by atoms with E-state index >= 15 is 0 Å². The van der Waals surface area contributed by atoms with Crippen LogP contribution < -0.4 is 10.0 Å². The van der Waals surface area contributed by atoms with Crippen LogP contribution in [-0.2, 0) is 23.1 Å². The summed E-state index contributed by atoms with van der Waals surface area (Å²) in [6.07, 6.45) is 0. The Bertz CT molecular complexity index is 665. The molecule has 1 aromatic carbocycles. The summed E-state index contributed by atoms with van der Waals surface area (Å²) >= 11 is 5.80. The van der Waals surface area contributed by atoms with Crippen LogP contribution in [0.2, 0.25) is 5.02 Å². The van der Waals surface area contributed by atoms with Crippen molar-refractivity contribution in [2.24, 2.45) is 0 Å². The molecule has 0 bridgehead atoms. The fourth-order valence-electron chi connectivity index (χ4n) is 1.63. The first-order valence-corrected chi connectivity index (χ1v) is 7.85. The molecule has 5 nitrogen and oxygen atoms in total.